The van der Waals surface area contributed by atoms with Crippen LogP contribution in [0, 0.1) is 0 Å². The van der Waals surface area contributed by atoms with Gasteiger partial charge >= 0.3 is 5.97 Å². The Morgan fingerprint density at radius 2 is 1.78 bits per heavy atom. The second-order valence-electron chi connectivity index (χ2n) is 5.43. The lowest BCUT2D eigenvalue weighted by Gasteiger charge is -2.13. The molecular weight excluding hydrogens is 388 g/mol. The molecule has 0 spiro atoms. The molecular formula is C19H13ClN2O4S. The number of thiocarbonyl (C=S) groups is 1. The number of halogens is 1. The number of carbonyl (C=O) groups excluding carboxylic acids is 1. The molecule has 1 amide bonds. The molecule has 0 fully saturated rings. The van der Waals surface area contributed by atoms with Gasteiger partial charge in [-0.25, -0.2) is 4.79 Å². The molecule has 0 aliphatic heterocycles. The molecule has 27 heavy (non-hydrogen) atoms. The van der Waals surface area contributed by atoms with E-state index in [0.29, 0.717) is 27.6 Å². The predicted octanol–water partition coefficient (Wildman–Crippen LogP) is 4.43. The van der Waals surface area contributed by atoms with Crippen LogP contribution in [0.25, 0.3) is 11.3 Å². The van der Waals surface area contributed by atoms with Gasteiger partial charge in [0.05, 0.1) is 5.69 Å². The van der Waals surface area contributed by atoms with Crippen LogP contribution in [0.3, 0.4) is 0 Å². The highest BCUT2D eigenvalue weighted by Crippen LogP contribution is 2.32. The molecule has 0 saturated carbocycles. The zero-order chi connectivity index (χ0) is 19.4. The van der Waals surface area contributed by atoms with Crippen LogP contribution in [0.4, 0.5) is 5.69 Å². The van der Waals surface area contributed by atoms with E-state index < -0.39 is 5.97 Å². The van der Waals surface area contributed by atoms with Gasteiger partial charge in [-0.15, -0.1) is 0 Å². The van der Waals surface area contributed by atoms with Crippen molar-refractivity contribution in [2.24, 2.45) is 0 Å². The fourth-order valence-corrected chi connectivity index (χ4v) is 2.73. The molecule has 0 radical (unpaired) electrons. The first kappa shape index (κ1) is 18.6. The second kappa shape index (κ2) is 8.03. The third-order valence-corrected chi connectivity index (χ3v) is 4.01. The summed E-state index contributed by atoms with van der Waals surface area (Å²) in [7, 11) is 0. The highest BCUT2D eigenvalue weighted by atomic mass is 35.5. The van der Waals surface area contributed by atoms with Crippen LogP contribution < -0.4 is 10.6 Å². The molecule has 0 saturated heterocycles. The maximum absolute atomic E-state index is 12.2. The van der Waals surface area contributed by atoms with Gasteiger partial charge in [-0.2, -0.15) is 0 Å². The molecule has 8 heteroatoms. The number of aromatic carboxylic acids is 1. The van der Waals surface area contributed by atoms with Crippen molar-refractivity contribution in [2.75, 3.05) is 5.32 Å². The summed E-state index contributed by atoms with van der Waals surface area (Å²) in [6.07, 6.45) is 0. The number of carboxylic acid groups (broad SMARTS) is 1. The van der Waals surface area contributed by atoms with Crippen LogP contribution in [0.1, 0.15) is 20.9 Å². The molecule has 0 unspecified atom stereocenters. The number of carboxylic acids is 1. The van der Waals surface area contributed by atoms with E-state index in [-0.39, 0.29) is 16.8 Å². The molecule has 0 atom stereocenters. The Morgan fingerprint density at radius 1 is 1.04 bits per heavy atom. The number of hydrogen-bond acceptors (Lipinski definition) is 4. The normalized spacial score (nSPS) is 10.3. The summed E-state index contributed by atoms with van der Waals surface area (Å²) in [6.45, 7) is 0. The van der Waals surface area contributed by atoms with E-state index in [4.69, 9.17) is 33.3 Å². The van der Waals surface area contributed by atoms with E-state index in [1.165, 1.54) is 12.1 Å². The van der Waals surface area contributed by atoms with Gasteiger partial charge in [0.2, 0.25) is 5.76 Å². The van der Waals surface area contributed by atoms with Crippen molar-refractivity contribution in [1.82, 2.24) is 5.32 Å². The number of rotatable bonds is 4. The number of furan rings is 1. The largest absolute Gasteiger partial charge is 0.475 e. The SMILES string of the molecule is O=C(NC(=S)Nc1cc(Cl)ccc1-c1ccc(C(=O)O)o1)c1ccccc1. The molecule has 6 nitrogen and oxygen atoms in total. The highest BCUT2D eigenvalue weighted by molar-refractivity contribution is 7.80. The third-order valence-electron chi connectivity index (χ3n) is 3.58. The number of nitrogens with one attached hydrogen (secondary N) is 2. The first-order valence-electron chi connectivity index (χ1n) is 7.74. The van der Waals surface area contributed by atoms with Crippen molar-refractivity contribution in [1.29, 1.82) is 0 Å². The summed E-state index contributed by atoms with van der Waals surface area (Å²) >= 11 is 11.3. The minimum atomic E-state index is -1.17. The lowest BCUT2D eigenvalue weighted by Crippen LogP contribution is -2.34. The average Bonchev–Trinajstić information content (AvgIpc) is 3.12. The minimum absolute atomic E-state index is 0.0670. The average molecular weight is 401 g/mol. The molecule has 1 heterocycles. The Balaban J connectivity index is 1.81. The zero-order valence-corrected chi connectivity index (χ0v) is 15.3. The number of hydrogen-bond donors (Lipinski definition) is 3. The van der Waals surface area contributed by atoms with Gasteiger partial charge < -0.3 is 14.8 Å². The van der Waals surface area contributed by atoms with Gasteiger partial charge in [-0.3, -0.25) is 10.1 Å². The van der Waals surface area contributed by atoms with Crippen LogP contribution in [-0.4, -0.2) is 22.1 Å². The first-order valence-corrected chi connectivity index (χ1v) is 8.53. The summed E-state index contributed by atoms with van der Waals surface area (Å²) in [5.74, 6) is -1.40. The summed E-state index contributed by atoms with van der Waals surface area (Å²) < 4.78 is 5.33. The van der Waals surface area contributed by atoms with Crippen LogP contribution >= 0.6 is 23.8 Å². The molecule has 0 bridgehead atoms. The van der Waals surface area contributed by atoms with Crippen molar-refractivity contribution in [3.63, 3.8) is 0 Å². The predicted molar refractivity (Wildman–Crippen MR) is 106 cm³/mol. The topological polar surface area (TPSA) is 91.6 Å². The molecule has 3 N–H and O–H groups in total. The lowest BCUT2D eigenvalue weighted by atomic mass is 10.1. The van der Waals surface area contributed by atoms with E-state index >= 15 is 0 Å². The van der Waals surface area contributed by atoms with E-state index in [2.05, 4.69) is 10.6 Å². The molecule has 1 aromatic heterocycles. The van der Waals surface area contributed by atoms with Gasteiger partial charge in [0.25, 0.3) is 5.91 Å². The van der Waals surface area contributed by atoms with Gasteiger partial charge in [0.15, 0.2) is 5.11 Å². The van der Waals surface area contributed by atoms with Crippen LogP contribution in [-0.2, 0) is 0 Å². The standard InChI is InChI=1S/C19H13ClN2O4S/c20-12-6-7-13(15-8-9-16(26-15)18(24)25)14(10-12)21-19(27)22-17(23)11-4-2-1-3-5-11/h1-10H,(H,24,25)(H2,21,22,23,27). The molecule has 0 aliphatic carbocycles. The molecule has 3 rings (SSSR count). The van der Waals surface area contributed by atoms with Gasteiger partial charge in [0, 0.05) is 16.1 Å². The Labute approximate surface area is 164 Å². The van der Waals surface area contributed by atoms with E-state index in [1.807, 2.05) is 0 Å². The number of anilines is 1. The van der Waals surface area contributed by atoms with Crippen molar-refractivity contribution in [3.8, 4) is 11.3 Å². The minimum Gasteiger partial charge on any atom is -0.475 e. The van der Waals surface area contributed by atoms with Crippen molar-refractivity contribution in [2.45, 2.75) is 0 Å². The lowest BCUT2D eigenvalue weighted by molar-refractivity contribution is 0.0663. The maximum atomic E-state index is 12.2. The smallest absolute Gasteiger partial charge is 0.371 e. The summed E-state index contributed by atoms with van der Waals surface area (Å²) in [5.41, 5.74) is 1.47. The summed E-state index contributed by atoms with van der Waals surface area (Å²) in [4.78, 5) is 23.2. The monoisotopic (exact) mass is 400 g/mol. The van der Waals surface area contributed by atoms with E-state index in [9.17, 15) is 9.59 Å². The quantitative estimate of drug-likeness (QED) is 0.561. The Hall–Kier alpha value is -3.16. The Kier molecular flexibility index (Phi) is 5.54. The summed E-state index contributed by atoms with van der Waals surface area (Å²) in [5, 5.41) is 15.0. The number of amides is 1. The first-order chi connectivity index (χ1) is 12.9. The van der Waals surface area contributed by atoms with Gasteiger partial charge in [0.1, 0.15) is 5.76 Å². The molecule has 3 aromatic rings. The highest BCUT2D eigenvalue weighted by Gasteiger charge is 2.15. The molecule has 0 aliphatic rings. The van der Waals surface area contributed by atoms with Gasteiger partial charge in [-0.1, -0.05) is 29.8 Å². The van der Waals surface area contributed by atoms with Crippen molar-refractivity contribution in [3.05, 3.63) is 77.0 Å². The fraction of sp³-hybridized carbons (Fsp3) is 0. The summed E-state index contributed by atoms with van der Waals surface area (Å²) in [6, 6.07) is 16.4. The van der Waals surface area contributed by atoms with Crippen molar-refractivity contribution < 1.29 is 19.1 Å². The fourth-order valence-electron chi connectivity index (χ4n) is 2.35. The number of carbonyl (C=O) groups is 2. The Morgan fingerprint density at radius 3 is 2.44 bits per heavy atom. The van der Waals surface area contributed by atoms with Gasteiger partial charge in [-0.05, 0) is 54.7 Å². The molecule has 2 aromatic carbocycles. The van der Waals surface area contributed by atoms with E-state index in [1.54, 1.807) is 48.5 Å². The van der Waals surface area contributed by atoms with Crippen LogP contribution in [0.2, 0.25) is 5.02 Å². The zero-order valence-electron chi connectivity index (χ0n) is 13.7. The molecule has 136 valence electrons. The number of benzene rings is 2. The van der Waals surface area contributed by atoms with Crippen LogP contribution in [0.15, 0.2) is 65.1 Å². The van der Waals surface area contributed by atoms with Crippen LogP contribution in [0.5, 0.6) is 0 Å². The maximum Gasteiger partial charge on any atom is 0.371 e. The second-order valence-corrected chi connectivity index (χ2v) is 6.28. The van der Waals surface area contributed by atoms with E-state index in [0.717, 1.165) is 0 Å². The Bertz CT molecular complexity index is 1020. The third kappa shape index (κ3) is 4.52. The van der Waals surface area contributed by atoms with Crippen molar-refractivity contribution >= 4 is 46.5 Å².